The van der Waals surface area contributed by atoms with Gasteiger partial charge in [0.1, 0.15) is 5.76 Å². The molecule has 1 aliphatic heterocycles. The lowest BCUT2D eigenvalue weighted by molar-refractivity contribution is -0.136. The fourth-order valence-electron chi connectivity index (χ4n) is 2.99. The highest BCUT2D eigenvalue weighted by atomic mass is 16.5. The van der Waals surface area contributed by atoms with Crippen LogP contribution in [0.15, 0.2) is 28.8 Å². The molecule has 132 valence electrons. The van der Waals surface area contributed by atoms with Crippen LogP contribution < -0.4 is 15.5 Å². The van der Waals surface area contributed by atoms with Gasteiger partial charge in [-0.15, -0.1) is 0 Å². The summed E-state index contributed by atoms with van der Waals surface area (Å²) in [6, 6.07) is 7.95. The quantitative estimate of drug-likeness (QED) is 0.825. The van der Waals surface area contributed by atoms with Gasteiger partial charge in [0.15, 0.2) is 5.82 Å². The smallest absolute Gasteiger partial charge is 0.314 e. The molecule has 2 aromatic rings. The molecule has 0 radical (unpaired) electrons. The Bertz CT molecular complexity index is 784. The largest absolute Gasteiger partial charge is 0.374 e. The fourth-order valence-corrected chi connectivity index (χ4v) is 2.99. The average molecular weight is 342 g/mol. The molecule has 7 heteroatoms. The van der Waals surface area contributed by atoms with E-state index in [2.05, 4.69) is 45.9 Å². The SMILES string of the molecule is Cc1cc(NC(=O)C(=O)NCCc2ccc3c(c2)CCCN3C)no1. The third-order valence-electron chi connectivity index (χ3n) is 4.27. The predicted octanol–water partition coefficient (Wildman–Crippen LogP) is 1.66. The standard InChI is InChI=1S/C18H22N4O3/c1-12-10-16(21-25-12)20-18(24)17(23)19-8-7-13-5-6-15-14(11-13)4-3-9-22(15)2/h5-6,10-11H,3-4,7-9H2,1-2H3,(H,19,23)(H,20,21,24). The summed E-state index contributed by atoms with van der Waals surface area (Å²) >= 11 is 0. The van der Waals surface area contributed by atoms with Gasteiger partial charge in [-0.1, -0.05) is 17.3 Å². The monoisotopic (exact) mass is 342 g/mol. The first-order valence-corrected chi connectivity index (χ1v) is 8.38. The summed E-state index contributed by atoms with van der Waals surface area (Å²) in [5.41, 5.74) is 3.78. The molecule has 2 amide bonds. The van der Waals surface area contributed by atoms with Crippen LogP contribution in [0.25, 0.3) is 0 Å². The third-order valence-corrected chi connectivity index (χ3v) is 4.27. The van der Waals surface area contributed by atoms with E-state index in [1.165, 1.54) is 11.3 Å². The lowest BCUT2D eigenvalue weighted by Gasteiger charge is -2.27. The normalized spacial score (nSPS) is 13.3. The van der Waals surface area contributed by atoms with Crippen molar-refractivity contribution in [2.24, 2.45) is 0 Å². The second kappa shape index (κ2) is 7.38. The number of carbonyl (C=O) groups excluding carboxylic acids is 2. The van der Waals surface area contributed by atoms with Gasteiger partial charge in [0.2, 0.25) is 0 Å². The van der Waals surface area contributed by atoms with E-state index in [1.54, 1.807) is 13.0 Å². The fraction of sp³-hybridized carbons (Fsp3) is 0.389. The van der Waals surface area contributed by atoms with Gasteiger partial charge in [0.05, 0.1) is 0 Å². The van der Waals surface area contributed by atoms with E-state index in [1.807, 2.05) is 0 Å². The van der Waals surface area contributed by atoms with E-state index in [4.69, 9.17) is 4.52 Å². The highest BCUT2D eigenvalue weighted by Gasteiger charge is 2.16. The summed E-state index contributed by atoms with van der Waals surface area (Å²) in [5, 5.41) is 8.64. The molecule has 25 heavy (non-hydrogen) atoms. The lowest BCUT2D eigenvalue weighted by atomic mass is 9.98. The third kappa shape index (κ3) is 4.17. The number of rotatable bonds is 4. The molecule has 2 heterocycles. The number of nitrogens with zero attached hydrogens (tertiary/aromatic N) is 2. The molecule has 0 unspecified atom stereocenters. The van der Waals surface area contributed by atoms with Gasteiger partial charge in [0, 0.05) is 31.9 Å². The van der Waals surface area contributed by atoms with Crippen molar-refractivity contribution in [1.82, 2.24) is 10.5 Å². The first kappa shape index (κ1) is 17.0. The summed E-state index contributed by atoms with van der Waals surface area (Å²) in [4.78, 5) is 25.9. The number of benzene rings is 1. The zero-order valence-electron chi connectivity index (χ0n) is 14.5. The van der Waals surface area contributed by atoms with Crippen molar-refractivity contribution in [3.8, 4) is 0 Å². The van der Waals surface area contributed by atoms with Crippen molar-refractivity contribution in [2.75, 3.05) is 30.4 Å². The second-order valence-electron chi connectivity index (χ2n) is 6.27. The molecule has 0 fully saturated rings. The molecule has 0 bridgehead atoms. The molecule has 1 aromatic carbocycles. The van der Waals surface area contributed by atoms with Crippen LogP contribution in [0.5, 0.6) is 0 Å². The second-order valence-corrected chi connectivity index (χ2v) is 6.27. The van der Waals surface area contributed by atoms with Gasteiger partial charge >= 0.3 is 11.8 Å². The Kier molecular flexibility index (Phi) is 5.02. The Morgan fingerprint density at radius 2 is 2.12 bits per heavy atom. The zero-order chi connectivity index (χ0) is 17.8. The van der Waals surface area contributed by atoms with Crippen LogP contribution in [-0.2, 0) is 22.4 Å². The first-order chi connectivity index (χ1) is 12.0. The van der Waals surface area contributed by atoms with E-state index in [0.717, 1.165) is 24.9 Å². The molecule has 2 N–H and O–H groups in total. The van der Waals surface area contributed by atoms with Crippen LogP contribution in [0.3, 0.4) is 0 Å². The Balaban J connectivity index is 1.49. The maximum Gasteiger partial charge on any atom is 0.314 e. The van der Waals surface area contributed by atoms with Crippen LogP contribution in [0.1, 0.15) is 23.3 Å². The van der Waals surface area contributed by atoms with Crippen LogP contribution in [0, 0.1) is 6.92 Å². The number of hydrogen-bond donors (Lipinski definition) is 2. The van der Waals surface area contributed by atoms with Crippen molar-refractivity contribution in [2.45, 2.75) is 26.2 Å². The Hall–Kier alpha value is -2.83. The van der Waals surface area contributed by atoms with Crippen LogP contribution in [0.2, 0.25) is 0 Å². The summed E-state index contributed by atoms with van der Waals surface area (Å²) < 4.78 is 4.84. The topological polar surface area (TPSA) is 87.5 Å². The number of aromatic nitrogens is 1. The number of fused-ring (bicyclic) bond motifs is 1. The molecule has 0 saturated carbocycles. The number of anilines is 2. The van der Waals surface area contributed by atoms with Gasteiger partial charge in [-0.25, -0.2) is 0 Å². The highest BCUT2D eigenvalue weighted by Crippen LogP contribution is 2.26. The van der Waals surface area contributed by atoms with E-state index in [0.29, 0.717) is 18.7 Å². The highest BCUT2D eigenvalue weighted by molar-refractivity contribution is 6.39. The van der Waals surface area contributed by atoms with E-state index in [-0.39, 0.29) is 5.82 Å². The predicted molar refractivity (Wildman–Crippen MR) is 94.6 cm³/mol. The molecule has 7 nitrogen and oxygen atoms in total. The molecule has 0 atom stereocenters. The number of amides is 2. The van der Waals surface area contributed by atoms with E-state index < -0.39 is 11.8 Å². The van der Waals surface area contributed by atoms with Gasteiger partial charge in [0.25, 0.3) is 0 Å². The molecule has 0 spiro atoms. The number of nitrogens with one attached hydrogen (secondary N) is 2. The van der Waals surface area contributed by atoms with Crippen molar-refractivity contribution in [1.29, 1.82) is 0 Å². The van der Waals surface area contributed by atoms with Crippen molar-refractivity contribution in [3.63, 3.8) is 0 Å². The maximum absolute atomic E-state index is 11.8. The molecular weight excluding hydrogens is 320 g/mol. The number of hydrogen-bond acceptors (Lipinski definition) is 5. The van der Waals surface area contributed by atoms with Crippen molar-refractivity contribution in [3.05, 3.63) is 41.2 Å². The maximum atomic E-state index is 11.8. The summed E-state index contributed by atoms with van der Waals surface area (Å²) in [7, 11) is 2.10. The summed E-state index contributed by atoms with van der Waals surface area (Å²) in [6.45, 7) is 3.19. The summed E-state index contributed by atoms with van der Waals surface area (Å²) in [5.74, 6) is -0.635. The molecule has 1 aromatic heterocycles. The molecule has 1 aliphatic rings. The minimum Gasteiger partial charge on any atom is -0.374 e. The van der Waals surface area contributed by atoms with E-state index >= 15 is 0 Å². The van der Waals surface area contributed by atoms with E-state index in [9.17, 15) is 9.59 Å². The molecule has 0 saturated heterocycles. The Morgan fingerprint density at radius 1 is 1.28 bits per heavy atom. The van der Waals surface area contributed by atoms with Gasteiger partial charge in [-0.2, -0.15) is 0 Å². The number of carbonyl (C=O) groups is 2. The first-order valence-electron chi connectivity index (χ1n) is 8.38. The minimum absolute atomic E-state index is 0.233. The lowest BCUT2D eigenvalue weighted by Crippen LogP contribution is -2.36. The molecule has 3 rings (SSSR count). The number of aryl methyl sites for hydroxylation is 2. The molecule has 0 aliphatic carbocycles. The Morgan fingerprint density at radius 3 is 2.88 bits per heavy atom. The average Bonchev–Trinajstić information content (AvgIpc) is 2.99. The van der Waals surface area contributed by atoms with Crippen LogP contribution in [0.4, 0.5) is 11.5 Å². The van der Waals surface area contributed by atoms with Crippen LogP contribution in [-0.4, -0.2) is 37.1 Å². The van der Waals surface area contributed by atoms with Crippen molar-refractivity contribution < 1.29 is 14.1 Å². The van der Waals surface area contributed by atoms with Crippen molar-refractivity contribution >= 4 is 23.3 Å². The molecular formula is C18H22N4O3. The summed E-state index contributed by atoms with van der Waals surface area (Å²) in [6.07, 6.45) is 2.92. The Labute approximate surface area is 146 Å². The van der Waals surface area contributed by atoms with Gasteiger partial charge in [-0.05, 0) is 43.4 Å². The van der Waals surface area contributed by atoms with Gasteiger partial charge in [-0.3, -0.25) is 14.9 Å². The minimum atomic E-state index is -0.750. The zero-order valence-corrected chi connectivity index (χ0v) is 14.5. The van der Waals surface area contributed by atoms with Crippen LogP contribution >= 0.6 is 0 Å². The van der Waals surface area contributed by atoms with Gasteiger partial charge < -0.3 is 14.7 Å².